The highest BCUT2D eigenvalue weighted by Gasteiger charge is 2.33. The van der Waals surface area contributed by atoms with Gasteiger partial charge in [-0.05, 0) is 50.5 Å². The number of carbonyl (C=O) groups is 1. The highest BCUT2D eigenvalue weighted by Crippen LogP contribution is 2.28. The molecule has 9 heteroatoms. The van der Waals surface area contributed by atoms with Gasteiger partial charge in [0.25, 0.3) is 0 Å². The van der Waals surface area contributed by atoms with E-state index in [1.54, 1.807) is 32.9 Å². The molecule has 1 amide bonds. The molecule has 0 aliphatic carbocycles. The molecule has 1 aliphatic rings. The first-order valence-electron chi connectivity index (χ1n) is 10.6. The Bertz CT molecular complexity index is 1230. The fraction of sp³-hybridized carbons (Fsp3) is 0.391. The molecule has 0 saturated carbocycles. The third kappa shape index (κ3) is 3.98. The van der Waals surface area contributed by atoms with Crippen LogP contribution in [-0.2, 0) is 34.3 Å². The number of hydrogen-bond donors (Lipinski definition) is 0. The van der Waals surface area contributed by atoms with E-state index < -0.39 is 16.1 Å². The number of hydrogen-bond acceptors (Lipinski definition) is 5. The molecular weight excluding hydrogens is 428 g/mol. The Hall–Kier alpha value is -2.91. The molecule has 2 aromatic heterocycles. The van der Waals surface area contributed by atoms with Crippen molar-refractivity contribution < 1.29 is 17.6 Å². The summed E-state index contributed by atoms with van der Waals surface area (Å²) in [6, 6.07) is 11.0. The van der Waals surface area contributed by atoms with Crippen molar-refractivity contribution in [3.05, 3.63) is 70.9 Å². The quantitative estimate of drug-likeness (QED) is 0.569. The van der Waals surface area contributed by atoms with Gasteiger partial charge in [-0.3, -0.25) is 9.48 Å². The Labute approximate surface area is 188 Å². The predicted octanol–water partition coefficient (Wildman–Crippen LogP) is 3.06. The molecule has 32 heavy (non-hydrogen) atoms. The SMILES string of the molecule is Cc1nn([C@@H](C)C(=O)N2CCc3ccccc3C2)c(C)c1S(=O)(=O)N(C)Cc1ccco1. The molecule has 3 heterocycles. The molecule has 0 fully saturated rings. The summed E-state index contributed by atoms with van der Waals surface area (Å²) in [5.74, 6) is 0.477. The van der Waals surface area contributed by atoms with Gasteiger partial charge in [0, 0.05) is 20.1 Å². The van der Waals surface area contributed by atoms with E-state index in [1.807, 2.05) is 23.1 Å². The number of carbonyl (C=O) groups excluding carboxylic acids is 1. The van der Waals surface area contributed by atoms with Crippen LogP contribution < -0.4 is 0 Å². The lowest BCUT2D eigenvalue weighted by atomic mass is 9.99. The zero-order valence-corrected chi connectivity index (χ0v) is 19.6. The summed E-state index contributed by atoms with van der Waals surface area (Å²) in [4.78, 5) is 15.2. The Morgan fingerprint density at radius 1 is 1.19 bits per heavy atom. The van der Waals surface area contributed by atoms with E-state index >= 15 is 0 Å². The van der Waals surface area contributed by atoms with Gasteiger partial charge in [-0.25, -0.2) is 8.42 Å². The summed E-state index contributed by atoms with van der Waals surface area (Å²) in [7, 11) is -2.31. The van der Waals surface area contributed by atoms with Gasteiger partial charge in [0.05, 0.1) is 24.2 Å². The van der Waals surface area contributed by atoms with Crippen molar-refractivity contribution in [2.75, 3.05) is 13.6 Å². The number of fused-ring (bicyclic) bond motifs is 1. The first-order valence-corrected chi connectivity index (χ1v) is 12.0. The minimum atomic E-state index is -3.81. The maximum atomic E-state index is 13.3. The lowest BCUT2D eigenvalue weighted by molar-refractivity contribution is -0.135. The number of sulfonamides is 1. The van der Waals surface area contributed by atoms with Gasteiger partial charge < -0.3 is 9.32 Å². The van der Waals surface area contributed by atoms with Gasteiger partial charge in [0.15, 0.2) is 0 Å². The zero-order valence-electron chi connectivity index (χ0n) is 18.8. The molecule has 170 valence electrons. The zero-order chi connectivity index (χ0) is 23.0. The smallest absolute Gasteiger partial charge is 0.247 e. The second-order valence-corrected chi connectivity index (χ2v) is 10.2. The van der Waals surface area contributed by atoms with Crippen LogP contribution in [0.2, 0.25) is 0 Å². The lowest BCUT2D eigenvalue weighted by Gasteiger charge is -2.31. The van der Waals surface area contributed by atoms with Crippen LogP contribution in [-0.4, -0.2) is 46.9 Å². The van der Waals surface area contributed by atoms with Crippen LogP contribution in [0.4, 0.5) is 0 Å². The van der Waals surface area contributed by atoms with Crippen molar-refractivity contribution in [2.24, 2.45) is 0 Å². The molecular formula is C23H28N4O4S. The van der Waals surface area contributed by atoms with Gasteiger partial charge >= 0.3 is 0 Å². The minimum Gasteiger partial charge on any atom is -0.468 e. The maximum Gasteiger partial charge on any atom is 0.247 e. The predicted molar refractivity (Wildman–Crippen MR) is 119 cm³/mol. The van der Waals surface area contributed by atoms with Crippen LogP contribution in [0.25, 0.3) is 0 Å². The fourth-order valence-electron chi connectivity index (χ4n) is 4.31. The largest absolute Gasteiger partial charge is 0.468 e. The monoisotopic (exact) mass is 456 g/mol. The molecule has 4 rings (SSSR count). The molecule has 8 nitrogen and oxygen atoms in total. The van der Waals surface area contributed by atoms with Crippen LogP contribution in [0.3, 0.4) is 0 Å². The van der Waals surface area contributed by atoms with Crippen molar-refractivity contribution in [1.29, 1.82) is 0 Å². The summed E-state index contributed by atoms with van der Waals surface area (Å²) >= 11 is 0. The van der Waals surface area contributed by atoms with Crippen molar-refractivity contribution in [2.45, 2.75) is 51.2 Å². The van der Waals surface area contributed by atoms with Gasteiger partial charge in [-0.2, -0.15) is 9.40 Å². The van der Waals surface area contributed by atoms with E-state index in [-0.39, 0.29) is 17.3 Å². The summed E-state index contributed by atoms with van der Waals surface area (Å²) in [5.41, 5.74) is 3.24. The number of nitrogens with zero attached hydrogens (tertiary/aromatic N) is 4. The molecule has 0 bridgehead atoms. The summed E-state index contributed by atoms with van der Waals surface area (Å²) in [5, 5.41) is 4.46. The maximum absolute atomic E-state index is 13.3. The number of benzene rings is 1. The molecule has 0 radical (unpaired) electrons. The van der Waals surface area contributed by atoms with Crippen molar-refractivity contribution in [3.8, 4) is 0 Å². The highest BCUT2D eigenvalue weighted by atomic mass is 32.2. The number of aryl methyl sites for hydroxylation is 1. The topological polar surface area (TPSA) is 88.7 Å². The van der Waals surface area contributed by atoms with E-state index in [2.05, 4.69) is 11.2 Å². The molecule has 1 atom stereocenters. The van der Waals surface area contributed by atoms with Gasteiger partial charge in [0.1, 0.15) is 16.7 Å². The number of aromatic nitrogens is 2. The van der Waals surface area contributed by atoms with E-state index in [1.165, 1.54) is 27.9 Å². The first-order chi connectivity index (χ1) is 15.2. The molecule has 0 unspecified atom stereocenters. The standard InChI is InChI=1S/C23H28N4O4S/c1-16-22(32(29,30)25(4)15-21-10-7-13-31-21)17(2)27(24-16)18(3)23(28)26-12-11-19-8-5-6-9-20(19)14-26/h5-10,13,18H,11-12,14-15H2,1-4H3/t18-/m0/s1. The Kier molecular flexibility index (Phi) is 5.96. The second-order valence-electron chi connectivity index (χ2n) is 8.24. The van der Waals surface area contributed by atoms with Crippen molar-refractivity contribution in [1.82, 2.24) is 19.0 Å². The summed E-state index contributed by atoms with van der Waals surface area (Å²) in [6.07, 6.45) is 2.32. The average molecular weight is 457 g/mol. The van der Waals surface area contributed by atoms with Crippen molar-refractivity contribution >= 4 is 15.9 Å². The van der Waals surface area contributed by atoms with Crippen LogP contribution >= 0.6 is 0 Å². The van der Waals surface area contributed by atoms with Gasteiger partial charge in [-0.15, -0.1) is 0 Å². The number of rotatable bonds is 6. The Morgan fingerprint density at radius 3 is 2.59 bits per heavy atom. The first kappa shape index (κ1) is 22.3. The molecule has 0 N–H and O–H groups in total. The van der Waals surface area contributed by atoms with E-state index in [0.29, 0.717) is 30.2 Å². The number of amides is 1. The van der Waals surface area contributed by atoms with Crippen LogP contribution in [0.5, 0.6) is 0 Å². The third-order valence-corrected chi connectivity index (χ3v) is 8.11. The summed E-state index contributed by atoms with van der Waals surface area (Å²) < 4.78 is 34.6. The lowest BCUT2D eigenvalue weighted by Crippen LogP contribution is -2.40. The van der Waals surface area contributed by atoms with Crippen LogP contribution in [0.15, 0.2) is 52.0 Å². The average Bonchev–Trinajstić information content (AvgIpc) is 3.39. The minimum absolute atomic E-state index is 0.0713. The third-order valence-electron chi connectivity index (χ3n) is 6.05. The molecule has 0 spiro atoms. The molecule has 0 saturated heterocycles. The summed E-state index contributed by atoms with van der Waals surface area (Å²) in [6.45, 7) is 6.42. The van der Waals surface area contributed by atoms with Crippen molar-refractivity contribution in [3.63, 3.8) is 0 Å². The Balaban J connectivity index is 1.57. The van der Waals surface area contributed by atoms with E-state index in [9.17, 15) is 13.2 Å². The molecule has 1 aromatic carbocycles. The second kappa shape index (κ2) is 8.55. The van der Waals surface area contributed by atoms with Gasteiger partial charge in [0.2, 0.25) is 15.9 Å². The molecule has 3 aromatic rings. The highest BCUT2D eigenvalue weighted by molar-refractivity contribution is 7.89. The normalized spacial score (nSPS) is 15.1. The molecule has 1 aliphatic heterocycles. The van der Waals surface area contributed by atoms with Gasteiger partial charge in [-0.1, -0.05) is 24.3 Å². The Morgan fingerprint density at radius 2 is 1.91 bits per heavy atom. The van der Waals surface area contributed by atoms with Crippen LogP contribution in [0.1, 0.15) is 41.2 Å². The number of furan rings is 1. The van der Waals surface area contributed by atoms with E-state index in [0.717, 1.165) is 12.0 Å². The van der Waals surface area contributed by atoms with Crippen LogP contribution in [0, 0.1) is 13.8 Å². The fourth-order valence-corrected chi connectivity index (χ4v) is 5.80. The van der Waals surface area contributed by atoms with E-state index in [4.69, 9.17) is 4.42 Å².